The number of H-pyrrole nitrogens is 1. The van der Waals surface area contributed by atoms with Gasteiger partial charge in [-0.1, -0.05) is 12.1 Å². The summed E-state index contributed by atoms with van der Waals surface area (Å²) in [6, 6.07) is 11.2. The number of carbonyl (C=O) groups excluding carboxylic acids is 1. The van der Waals surface area contributed by atoms with E-state index < -0.39 is 0 Å². The second-order valence-corrected chi connectivity index (χ2v) is 7.04. The molecule has 7 nitrogen and oxygen atoms in total. The van der Waals surface area contributed by atoms with Gasteiger partial charge in [0.2, 0.25) is 5.91 Å². The molecule has 4 rings (SSSR count). The van der Waals surface area contributed by atoms with Crippen molar-refractivity contribution in [2.45, 2.75) is 19.4 Å². The van der Waals surface area contributed by atoms with Crippen LogP contribution in [0.15, 0.2) is 53.6 Å². The lowest BCUT2D eigenvalue weighted by atomic mass is 10.1. The zero-order valence-electron chi connectivity index (χ0n) is 15.7. The lowest BCUT2D eigenvalue weighted by Crippen LogP contribution is -2.48. The molecule has 7 heteroatoms. The summed E-state index contributed by atoms with van der Waals surface area (Å²) in [5.41, 5.74) is 1.74. The Morgan fingerprint density at radius 2 is 1.79 bits per heavy atom. The van der Waals surface area contributed by atoms with Crippen LogP contribution in [0.2, 0.25) is 0 Å². The van der Waals surface area contributed by atoms with E-state index in [1.165, 1.54) is 0 Å². The molecule has 28 heavy (non-hydrogen) atoms. The molecule has 1 saturated heterocycles. The van der Waals surface area contributed by atoms with Crippen LogP contribution in [0.4, 0.5) is 0 Å². The quantitative estimate of drug-likeness (QED) is 0.730. The molecule has 1 aliphatic rings. The van der Waals surface area contributed by atoms with Crippen LogP contribution in [0.5, 0.6) is 0 Å². The second kappa shape index (κ2) is 8.31. The van der Waals surface area contributed by atoms with Crippen molar-refractivity contribution in [3.8, 4) is 0 Å². The minimum absolute atomic E-state index is 0.106. The van der Waals surface area contributed by atoms with Gasteiger partial charge in [-0.2, -0.15) is 0 Å². The van der Waals surface area contributed by atoms with E-state index in [1.54, 1.807) is 18.5 Å². The lowest BCUT2D eigenvalue weighted by Gasteiger charge is -2.34. The van der Waals surface area contributed by atoms with Gasteiger partial charge in [0, 0.05) is 45.0 Å². The maximum Gasteiger partial charge on any atom is 0.258 e. The number of nitrogens with one attached hydrogen (secondary N) is 1. The number of fused-ring (bicyclic) bond motifs is 1. The number of para-hydroxylation sites is 1. The number of benzene rings is 1. The van der Waals surface area contributed by atoms with E-state index >= 15 is 0 Å². The van der Waals surface area contributed by atoms with Crippen LogP contribution in [0, 0.1) is 0 Å². The fourth-order valence-corrected chi connectivity index (χ4v) is 3.54. The molecule has 1 N–H and O–H groups in total. The van der Waals surface area contributed by atoms with Crippen molar-refractivity contribution in [1.29, 1.82) is 0 Å². The van der Waals surface area contributed by atoms with Crippen molar-refractivity contribution < 1.29 is 4.79 Å². The van der Waals surface area contributed by atoms with Crippen molar-refractivity contribution in [3.05, 3.63) is 70.5 Å². The van der Waals surface area contributed by atoms with Crippen LogP contribution in [0.25, 0.3) is 10.9 Å². The number of hydrogen-bond donors (Lipinski definition) is 1. The molecule has 0 saturated carbocycles. The highest BCUT2D eigenvalue weighted by atomic mass is 16.2. The number of hydrogen-bond acceptors (Lipinski definition) is 5. The summed E-state index contributed by atoms with van der Waals surface area (Å²) in [6.45, 7) is 3.54. The minimum atomic E-state index is -0.106. The van der Waals surface area contributed by atoms with Crippen molar-refractivity contribution in [3.63, 3.8) is 0 Å². The summed E-state index contributed by atoms with van der Waals surface area (Å²) < 4.78 is 0. The summed E-state index contributed by atoms with van der Waals surface area (Å²) in [4.78, 5) is 40.2. The SMILES string of the molecule is O=C(CCc1ccncc1)N1CCN(Cc2nc3ccccc3c(=O)[nH]2)CC1. The highest BCUT2D eigenvalue weighted by molar-refractivity contribution is 5.77. The summed E-state index contributed by atoms with van der Waals surface area (Å²) in [5, 5.41) is 0.607. The average Bonchev–Trinajstić information content (AvgIpc) is 2.73. The molecule has 0 bridgehead atoms. The fourth-order valence-electron chi connectivity index (χ4n) is 3.54. The van der Waals surface area contributed by atoms with Crippen molar-refractivity contribution in [1.82, 2.24) is 24.8 Å². The van der Waals surface area contributed by atoms with E-state index in [4.69, 9.17) is 0 Å². The van der Waals surface area contributed by atoms with Gasteiger partial charge in [-0.05, 0) is 36.2 Å². The molecule has 0 radical (unpaired) electrons. The number of carbonyl (C=O) groups is 1. The van der Waals surface area contributed by atoms with E-state index in [0.717, 1.165) is 25.1 Å². The molecule has 2 aromatic heterocycles. The van der Waals surface area contributed by atoms with E-state index in [1.807, 2.05) is 35.2 Å². The summed E-state index contributed by atoms with van der Waals surface area (Å²) in [6.07, 6.45) is 4.76. The second-order valence-electron chi connectivity index (χ2n) is 7.04. The van der Waals surface area contributed by atoms with E-state index in [0.29, 0.717) is 42.8 Å². The van der Waals surface area contributed by atoms with Crippen molar-refractivity contribution in [2.24, 2.45) is 0 Å². The molecule has 144 valence electrons. The number of aromatic nitrogens is 3. The Hall–Kier alpha value is -3.06. The summed E-state index contributed by atoms with van der Waals surface area (Å²) in [7, 11) is 0. The summed E-state index contributed by atoms with van der Waals surface area (Å²) in [5.74, 6) is 0.856. The largest absolute Gasteiger partial charge is 0.340 e. The number of rotatable bonds is 5. The standard InChI is InChI=1S/C21H23N5O2/c27-20(6-5-16-7-9-22-10-8-16)26-13-11-25(12-14-26)15-19-23-18-4-2-1-3-17(18)21(28)24-19/h1-4,7-10H,5-6,11-15H2,(H,23,24,28). The Morgan fingerprint density at radius 3 is 2.57 bits per heavy atom. The average molecular weight is 377 g/mol. The van der Waals surface area contributed by atoms with Crippen LogP contribution < -0.4 is 5.56 Å². The smallest absolute Gasteiger partial charge is 0.258 e. The first-order valence-electron chi connectivity index (χ1n) is 9.56. The first-order chi connectivity index (χ1) is 13.7. The van der Waals surface area contributed by atoms with E-state index in [9.17, 15) is 9.59 Å². The third-order valence-corrected chi connectivity index (χ3v) is 5.14. The van der Waals surface area contributed by atoms with Gasteiger partial charge in [0.05, 0.1) is 17.4 Å². The Labute approximate surface area is 163 Å². The number of nitrogens with zero attached hydrogens (tertiary/aromatic N) is 4. The van der Waals surface area contributed by atoms with Gasteiger partial charge in [0.1, 0.15) is 5.82 Å². The van der Waals surface area contributed by atoms with Gasteiger partial charge < -0.3 is 9.88 Å². The Kier molecular flexibility index (Phi) is 5.43. The topological polar surface area (TPSA) is 82.2 Å². The Bertz CT molecular complexity index is 1010. The molecule has 3 heterocycles. The zero-order chi connectivity index (χ0) is 19.3. The molecule has 3 aromatic rings. The third-order valence-electron chi connectivity index (χ3n) is 5.14. The number of aryl methyl sites for hydroxylation is 1. The monoisotopic (exact) mass is 377 g/mol. The zero-order valence-corrected chi connectivity index (χ0v) is 15.7. The maximum absolute atomic E-state index is 12.5. The Morgan fingerprint density at radius 1 is 1.04 bits per heavy atom. The molecule has 0 aliphatic carbocycles. The minimum Gasteiger partial charge on any atom is -0.340 e. The first kappa shape index (κ1) is 18.3. The summed E-state index contributed by atoms with van der Waals surface area (Å²) >= 11 is 0. The predicted molar refractivity (Wildman–Crippen MR) is 107 cm³/mol. The Balaban J connectivity index is 1.30. The van der Waals surface area contributed by atoms with Crippen molar-refractivity contribution >= 4 is 16.8 Å². The molecule has 1 amide bonds. The van der Waals surface area contributed by atoms with Gasteiger partial charge >= 0.3 is 0 Å². The van der Waals surface area contributed by atoms with Gasteiger partial charge in [-0.15, -0.1) is 0 Å². The molecule has 0 unspecified atom stereocenters. The fraction of sp³-hybridized carbons (Fsp3) is 0.333. The van der Waals surface area contributed by atoms with Gasteiger partial charge in [-0.25, -0.2) is 4.98 Å². The van der Waals surface area contributed by atoms with Crippen LogP contribution in [-0.4, -0.2) is 56.8 Å². The molecule has 1 fully saturated rings. The molecule has 1 aromatic carbocycles. The van der Waals surface area contributed by atoms with Gasteiger partial charge in [0.25, 0.3) is 5.56 Å². The highest BCUT2D eigenvalue weighted by Gasteiger charge is 2.21. The van der Waals surface area contributed by atoms with Crippen LogP contribution in [0.3, 0.4) is 0 Å². The number of piperazine rings is 1. The molecular formula is C21H23N5O2. The molecular weight excluding hydrogens is 354 g/mol. The highest BCUT2D eigenvalue weighted by Crippen LogP contribution is 2.11. The maximum atomic E-state index is 12.5. The van der Waals surface area contributed by atoms with Crippen LogP contribution >= 0.6 is 0 Å². The van der Waals surface area contributed by atoms with Crippen LogP contribution in [0.1, 0.15) is 17.8 Å². The van der Waals surface area contributed by atoms with Crippen LogP contribution in [-0.2, 0) is 17.8 Å². The number of amides is 1. The molecule has 0 atom stereocenters. The van der Waals surface area contributed by atoms with Gasteiger partial charge in [0.15, 0.2) is 0 Å². The number of aromatic amines is 1. The predicted octanol–water partition coefficient (Wildman–Crippen LogP) is 1.60. The normalized spacial score (nSPS) is 15.1. The number of pyridine rings is 1. The lowest BCUT2D eigenvalue weighted by molar-refractivity contribution is -0.133. The van der Waals surface area contributed by atoms with Gasteiger partial charge in [-0.3, -0.25) is 19.5 Å². The third kappa shape index (κ3) is 4.26. The van der Waals surface area contributed by atoms with Crippen molar-refractivity contribution in [2.75, 3.05) is 26.2 Å². The van der Waals surface area contributed by atoms with E-state index in [-0.39, 0.29) is 11.5 Å². The van der Waals surface area contributed by atoms with E-state index in [2.05, 4.69) is 19.9 Å². The molecule has 0 spiro atoms. The molecule has 1 aliphatic heterocycles. The first-order valence-corrected chi connectivity index (χ1v) is 9.56.